The third kappa shape index (κ3) is 3.66. The van der Waals surface area contributed by atoms with Crippen LogP contribution in [0.15, 0.2) is 18.3 Å². The summed E-state index contributed by atoms with van der Waals surface area (Å²) in [5, 5.41) is 0. The summed E-state index contributed by atoms with van der Waals surface area (Å²) in [6.07, 6.45) is 10.7. The van der Waals surface area contributed by atoms with Crippen molar-refractivity contribution in [3.63, 3.8) is 0 Å². The van der Waals surface area contributed by atoms with Crippen LogP contribution in [0.25, 0.3) is 0 Å². The van der Waals surface area contributed by atoms with Gasteiger partial charge in [-0.2, -0.15) is 0 Å². The van der Waals surface area contributed by atoms with Gasteiger partial charge in [0.2, 0.25) is 0 Å². The van der Waals surface area contributed by atoms with E-state index in [1.807, 2.05) is 12.1 Å². The fourth-order valence-electron chi connectivity index (χ4n) is 4.71. The maximum absolute atomic E-state index is 13.0. The maximum Gasteiger partial charge on any atom is 0.255 e. The lowest BCUT2D eigenvalue weighted by atomic mass is 9.83. The van der Waals surface area contributed by atoms with E-state index in [1.165, 1.54) is 38.5 Å². The smallest absolute Gasteiger partial charge is 0.255 e. The van der Waals surface area contributed by atoms with Crippen LogP contribution in [-0.4, -0.2) is 54.7 Å². The van der Waals surface area contributed by atoms with Crippen molar-refractivity contribution in [2.75, 3.05) is 37.7 Å². The first-order valence-electron chi connectivity index (χ1n) is 9.92. The minimum atomic E-state index is 0.175. The lowest BCUT2D eigenvalue weighted by molar-refractivity contribution is 0.0661. The summed E-state index contributed by atoms with van der Waals surface area (Å²) in [5.74, 6) is 1.83. The zero-order chi connectivity index (χ0) is 17.1. The van der Waals surface area contributed by atoms with Crippen LogP contribution >= 0.6 is 0 Å². The summed E-state index contributed by atoms with van der Waals surface area (Å²) in [6.45, 7) is 4.15. The first-order valence-corrected chi connectivity index (χ1v) is 9.92. The van der Waals surface area contributed by atoms with Gasteiger partial charge in [-0.3, -0.25) is 4.79 Å². The Bertz CT molecular complexity index is 577. The van der Waals surface area contributed by atoms with E-state index in [2.05, 4.69) is 14.8 Å². The molecule has 1 unspecified atom stereocenters. The summed E-state index contributed by atoms with van der Waals surface area (Å²) in [4.78, 5) is 22.0. The number of carbonyl (C=O) groups excluding carboxylic acids is 1. The third-order valence-electron chi connectivity index (χ3n) is 6.08. The topological polar surface area (TPSA) is 45.7 Å². The van der Waals surface area contributed by atoms with Gasteiger partial charge < -0.3 is 14.5 Å². The summed E-state index contributed by atoms with van der Waals surface area (Å²) < 4.78 is 5.39. The lowest BCUT2D eigenvalue weighted by Crippen LogP contribution is -2.41. The highest BCUT2D eigenvalue weighted by molar-refractivity contribution is 5.94. The van der Waals surface area contributed by atoms with Gasteiger partial charge in [0.1, 0.15) is 5.82 Å². The van der Waals surface area contributed by atoms with E-state index in [4.69, 9.17) is 4.74 Å². The fourth-order valence-corrected chi connectivity index (χ4v) is 4.71. The molecule has 1 aromatic heterocycles. The highest BCUT2D eigenvalue weighted by Gasteiger charge is 2.35. The van der Waals surface area contributed by atoms with E-state index < -0.39 is 0 Å². The van der Waals surface area contributed by atoms with Crippen LogP contribution in [-0.2, 0) is 4.74 Å². The van der Waals surface area contributed by atoms with Crippen molar-refractivity contribution in [3.8, 4) is 0 Å². The first kappa shape index (κ1) is 16.8. The number of hydrogen-bond acceptors (Lipinski definition) is 4. The number of hydrogen-bond donors (Lipinski definition) is 0. The average molecular weight is 343 g/mol. The molecular weight excluding hydrogens is 314 g/mol. The summed E-state index contributed by atoms with van der Waals surface area (Å²) in [5.41, 5.74) is 0.736. The Morgan fingerprint density at radius 1 is 1.00 bits per heavy atom. The Morgan fingerprint density at radius 2 is 1.80 bits per heavy atom. The van der Waals surface area contributed by atoms with E-state index >= 15 is 0 Å². The highest BCUT2D eigenvalue weighted by Crippen LogP contribution is 2.35. The molecule has 0 radical (unpaired) electrons. The van der Waals surface area contributed by atoms with Crippen molar-refractivity contribution in [3.05, 3.63) is 23.9 Å². The second-order valence-electron chi connectivity index (χ2n) is 7.61. The molecule has 1 saturated carbocycles. The van der Waals surface area contributed by atoms with Crippen LogP contribution < -0.4 is 4.90 Å². The van der Waals surface area contributed by atoms with Crippen LogP contribution in [0.5, 0.6) is 0 Å². The van der Waals surface area contributed by atoms with Crippen molar-refractivity contribution in [2.24, 2.45) is 5.92 Å². The van der Waals surface area contributed by atoms with Crippen molar-refractivity contribution in [1.82, 2.24) is 9.88 Å². The van der Waals surface area contributed by atoms with Gasteiger partial charge >= 0.3 is 0 Å². The molecule has 1 atom stereocenters. The molecule has 0 bridgehead atoms. The molecule has 5 heteroatoms. The molecule has 0 aromatic carbocycles. The fraction of sp³-hybridized carbons (Fsp3) is 0.700. The Morgan fingerprint density at radius 3 is 2.52 bits per heavy atom. The molecule has 136 valence electrons. The molecule has 2 saturated heterocycles. The lowest BCUT2D eigenvalue weighted by Gasteiger charge is -2.34. The number of likely N-dealkylation sites (tertiary alicyclic amines) is 1. The predicted molar refractivity (Wildman–Crippen MR) is 97.9 cm³/mol. The Kier molecular flexibility index (Phi) is 5.20. The van der Waals surface area contributed by atoms with E-state index in [0.717, 1.165) is 50.7 Å². The van der Waals surface area contributed by atoms with Gasteiger partial charge in [-0.1, -0.05) is 19.3 Å². The molecule has 5 nitrogen and oxygen atoms in total. The van der Waals surface area contributed by atoms with Gasteiger partial charge in [0, 0.05) is 31.9 Å². The molecule has 1 aliphatic carbocycles. The quantitative estimate of drug-likeness (QED) is 0.846. The van der Waals surface area contributed by atoms with Crippen LogP contribution in [0, 0.1) is 5.92 Å². The van der Waals surface area contributed by atoms with Crippen molar-refractivity contribution in [1.29, 1.82) is 0 Å². The normalized spacial score (nSPS) is 25.4. The zero-order valence-electron chi connectivity index (χ0n) is 15.0. The van der Waals surface area contributed by atoms with Gasteiger partial charge in [0.15, 0.2) is 0 Å². The van der Waals surface area contributed by atoms with Gasteiger partial charge in [-0.15, -0.1) is 0 Å². The van der Waals surface area contributed by atoms with Crippen molar-refractivity contribution >= 4 is 11.7 Å². The van der Waals surface area contributed by atoms with Crippen LogP contribution in [0.4, 0.5) is 5.82 Å². The third-order valence-corrected chi connectivity index (χ3v) is 6.08. The molecule has 3 aliphatic rings. The molecule has 3 fully saturated rings. The van der Waals surface area contributed by atoms with Gasteiger partial charge in [0.05, 0.1) is 18.8 Å². The summed E-state index contributed by atoms with van der Waals surface area (Å²) >= 11 is 0. The van der Waals surface area contributed by atoms with E-state index in [1.54, 1.807) is 6.20 Å². The number of rotatable bonds is 3. The van der Waals surface area contributed by atoms with E-state index in [0.29, 0.717) is 12.0 Å². The Labute approximate surface area is 150 Å². The standard InChI is InChI=1S/C20H29N3O2/c24-20(23-10-4-7-18(23)16-5-2-1-3-6-16)17-8-9-19(21-15-17)22-11-13-25-14-12-22/h8-9,15-16,18H,1-7,10-14H2. The minimum absolute atomic E-state index is 0.175. The number of pyridine rings is 1. The van der Waals surface area contributed by atoms with Crippen molar-refractivity contribution < 1.29 is 9.53 Å². The zero-order valence-corrected chi connectivity index (χ0v) is 15.0. The number of ether oxygens (including phenoxy) is 1. The molecule has 0 spiro atoms. The number of amides is 1. The number of morpholine rings is 1. The minimum Gasteiger partial charge on any atom is -0.378 e. The number of carbonyl (C=O) groups is 1. The van der Waals surface area contributed by atoms with Gasteiger partial charge in [-0.25, -0.2) is 4.98 Å². The molecular formula is C20H29N3O2. The van der Waals surface area contributed by atoms with Gasteiger partial charge in [0.25, 0.3) is 5.91 Å². The number of nitrogens with zero attached hydrogens (tertiary/aromatic N) is 3. The number of aromatic nitrogens is 1. The first-order chi connectivity index (χ1) is 12.3. The largest absolute Gasteiger partial charge is 0.378 e. The van der Waals surface area contributed by atoms with Crippen LogP contribution in [0.1, 0.15) is 55.3 Å². The molecule has 25 heavy (non-hydrogen) atoms. The average Bonchev–Trinajstić information content (AvgIpc) is 3.19. The maximum atomic E-state index is 13.0. The molecule has 0 N–H and O–H groups in total. The predicted octanol–water partition coefficient (Wildman–Crippen LogP) is 3.10. The van der Waals surface area contributed by atoms with Crippen LogP contribution in [0.2, 0.25) is 0 Å². The molecule has 1 amide bonds. The molecule has 1 aromatic rings. The molecule has 4 rings (SSSR count). The summed E-state index contributed by atoms with van der Waals surface area (Å²) in [7, 11) is 0. The van der Waals surface area contributed by atoms with E-state index in [9.17, 15) is 4.79 Å². The molecule has 3 heterocycles. The van der Waals surface area contributed by atoms with E-state index in [-0.39, 0.29) is 5.91 Å². The van der Waals surface area contributed by atoms with Gasteiger partial charge in [-0.05, 0) is 43.7 Å². The highest BCUT2D eigenvalue weighted by atomic mass is 16.5. The Hall–Kier alpha value is -1.62. The second-order valence-corrected chi connectivity index (χ2v) is 7.61. The van der Waals surface area contributed by atoms with Crippen LogP contribution in [0.3, 0.4) is 0 Å². The SMILES string of the molecule is O=C(c1ccc(N2CCOCC2)nc1)N1CCCC1C1CCCCC1. The molecule has 2 aliphatic heterocycles. The Balaban J connectivity index is 1.44. The monoisotopic (exact) mass is 343 g/mol. The summed E-state index contributed by atoms with van der Waals surface area (Å²) in [6, 6.07) is 4.40. The number of anilines is 1. The second kappa shape index (κ2) is 7.73. The van der Waals surface area contributed by atoms with Crippen molar-refractivity contribution in [2.45, 2.75) is 51.0 Å².